The van der Waals surface area contributed by atoms with Crippen molar-refractivity contribution in [3.8, 4) is 0 Å². The first-order chi connectivity index (χ1) is 11.7. The average Bonchev–Trinajstić information content (AvgIpc) is 3.25. The fourth-order valence-electron chi connectivity index (χ4n) is 2.32. The second-order valence-corrected chi connectivity index (χ2v) is 6.48. The van der Waals surface area contributed by atoms with E-state index in [1.807, 2.05) is 18.2 Å². The Hall–Kier alpha value is -2.67. The fourth-order valence-corrected chi connectivity index (χ4v) is 3.33. The van der Waals surface area contributed by atoms with E-state index in [9.17, 15) is 9.59 Å². The second-order valence-electron chi connectivity index (χ2n) is 5.37. The number of aromatic amines is 1. The maximum absolute atomic E-state index is 11.7. The van der Waals surface area contributed by atoms with Gasteiger partial charge in [0, 0.05) is 12.6 Å². The van der Waals surface area contributed by atoms with Gasteiger partial charge in [-0.25, -0.2) is 4.98 Å². The maximum Gasteiger partial charge on any atom is 0.286 e. The summed E-state index contributed by atoms with van der Waals surface area (Å²) in [7, 11) is 0. The number of aromatic nitrogens is 2. The third kappa shape index (κ3) is 4.20. The van der Waals surface area contributed by atoms with E-state index >= 15 is 0 Å². The molecular formula is C17H18N4O2S. The quantitative estimate of drug-likeness (QED) is 0.475. The minimum absolute atomic E-state index is 0.195. The summed E-state index contributed by atoms with van der Waals surface area (Å²) in [4.78, 5) is 30.7. The van der Waals surface area contributed by atoms with Crippen molar-refractivity contribution in [1.29, 1.82) is 0 Å². The van der Waals surface area contributed by atoms with Gasteiger partial charge < -0.3 is 4.98 Å². The van der Waals surface area contributed by atoms with Gasteiger partial charge in [0.1, 0.15) is 5.69 Å². The first-order valence-electron chi connectivity index (χ1n) is 7.79. The van der Waals surface area contributed by atoms with Crippen LogP contribution in [0.25, 0.3) is 10.2 Å². The first-order valence-corrected chi connectivity index (χ1v) is 8.61. The van der Waals surface area contributed by atoms with Crippen molar-refractivity contribution >= 4 is 33.4 Å². The molecule has 3 aromatic rings. The zero-order valence-corrected chi connectivity index (χ0v) is 13.9. The summed E-state index contributed by atoms with van der Waals surface area (Å²) in [5, 5.41) is 1.09. The Labute approximate surface area is 143 Å². The molecule has 2 aromatic heterocycles. The Morgan fingerprint density at radius 3 is 2.75 bits per heavy atom. The van der Waals surface area contributed by atoms with Crippen molar-refractivity contribution in [2.75, 3.05) is 0 Å². The van der Waals surface area contributed by atoms with Gasteiger partial charge in [-0.05, 0) is 43.5 Å². The van der Waals surface area contributed by atoms with Crippen LogP contribution >= 0.6 is 11.3 Å². The molecule has 2 heterocycles. The molecule has 3 N–H and O–H groups in total. The van der Waals surface area contributed by atoms with Gasteiger partial charge in [0.25, 0.3) is 5.91 Å². The molecule has 7 heteroatoms. The molecule has 3 rings (SSSR count). The van der Waals surface area contributed by atoms with E-state index in [1.54, 1.807) is 29.7 Å². The van der Waals surface area contributed by atoms with Crippen LogP contribution in [0.3, 0.4) is 0 Å². The molecule has 0 spiro atoms. The third-order valence-corrected chi connectivity index (χ3v) is 4.64. The minimum atomic E-state index is -0.358. The summed E-state index contributed by atoms with van der Waals surface area (Å²) in [6, 6.07) is 11.4. The number of hydrogen-bond acceptors (Lipinski definition) is 4. The van der Waals surface area contributed by atoms with Gasteiger partial charge in [0.2, 0.25) is 5.91 Å². The lowest BCUT2D eigenvalue weighted by Crippen LogP contribution is -2.41. The van der Waals surface area contributed by atoms with Gasteiger partial charge in [-0.15, -0.1) is 11.3 Å². The predicted octanol–water partition coefficient (Wildman–Crippen LogP) is 2.80. The van der Waals surface area contributed by atoms with Gasteiger partial charge in [-0.2, -0.15) is 0 Å². The fraction of sp³-hybridized carbons (Fsp3) is 0.235. The van der Waals surface area contributed by atoms with Crippen LogP contribution in [0, 0.1) is 0 Å². The number of para-hydroxylation sites is 1. The van der Waals surface area contributed by atoms with E-state index in [1.165, 1.54) is 4.70 Å². The van der Waals surface area contributed by atoms with Crippen LogP contribution < -0.4 is 10.9 Å². The van der Waals surface area contributed by atoms with E-state index in [-0.39, 0.29) is 11.8 Å². The number of amides is 2. The molecule has 0 unspecified atom stereocenters. The molecule has 0 atom stereocenters. The minimum Gasteiger partial charge on any atom is -0.357 e. The van der Waals surface area contributed by atoms with Gasteiger partial charge in [-0.3, -0.25) is 20.4 Å². The number of hydrogen-bond donors (Lipinski definition) is 3. The van der Waals surface area contributed by atoms with Crippen LogP contribution in [-0.4, -0.2) is 21.8 Å². The maximum atomic E-state index is 11.7. The number of nitrogens with one attached hydrogen (secondary N) is 3. The number of nitrogens with zero attached hydrogens (tertiary/aromatic N) is 1. The summed E-state index contributed by atoms with van der Waals surface area (Å²) < 4.78 is 1.19. The van der Waals surface area contributed by atoms with Gasteiger partial charge in [-0.1, -0.05) is 12.1 Å². The number of carbonyl (C=O) groups is 2. The molecule has 24 heavy (non-hydrogen) atoms. The number of fused-ring (bicyclic) bond motifs is 1. The summed E-state index contributed by atoms with van der Waals surface area (Å²) >= 11 is 1.70. The highest BCUT2D eigenvalue weighted by atomic mass is 32.1. The lowest BCUT2D eigenvalue weighted by atomic mass is 10.2. The molecular weight excluding hydrogens is 324 g/mol. The molecule has 124 valence electrons. The molecule has 0 saturated carbocycles. The molecule has 0 fully saturated rings. The standard InChI is InChI=1S/C17H18N4O2S/c22-15(20-21-17(23)13-7-5-11-18-13)9-3-4-10-16-19-12-6-1-2-8-14(12)24-16/h1-2,5-8,11,18H,3-4,9-10H2,(H,20,22)(H,21,23). The zero-order valence-electron chi connectivity index (χ0n) is 13.0. The van der Waals surface area contributed by atoms with Crippen molar-refractivity contribution in [1.82, 2.24) is 20.8 Å². The van der Waals surface area contributed by atoms with Crippen LogP contribution in [0.15, 0.2) is 42.6 Å². The van der Waals surface area contributed by atoms with Crippen molar-refractivity contribution in [2.45, 2.75) is 25.7 Å². The number of unbranched alkanes of at least 4 members (excludes halogenated alkanes) is 1. The van der Waals surface area contributed by atoms with Crippen LogP contribution in [0.5, 0.6) is 0 Å². The molecule has 0 bridgehead atoms. The van der Waals surface area contributed by atoms with Crippen LogP contribution in [0.1, 0.15) is 34.8 Å². The van der Waals surface area contributed by atoms with Gasteiger partial charge >= 0.3 is 0 Å². The first kappa shape index (κ1) is 16.2. The third-order valence-electron chi connectivity index (χ3n) is 3.54. The molecule has 0 aliphatic rings. The smallest absolute Gasteiger partial charge is 0.286 e. The van der Waals surface area contributed by atoms with Crippen LogP contribution in [0.4, 0.5) is 0 Å². The van der Waals surface area contributed by atoms with Crippen molar-refractivity contribution in [2.24, 2.45) is 0 Å². The van der Waals surface area contributed by atoms with Gasteiger partial charge in [0.05, 0.1) is 15.2 Å². The van der Waals surface area contributed by atoms with Crippen LogP contribution in [-0.2, 0) is 11.2 Å². The monoisotopic (exact) mass is 342 g/mol. The molecule has 0 saturated heterocycles. The summed E-state index contributed by atoms with van der Waals surface area (Å²) in [6.45, 7) is 0. The number of thiazole rings is 1. The van der Waals surface area contributed by atoms with Crippen molar-refractivity contribution in [3.05, 3.63) is 53.3 Å². The zero-order chi connectivity index (χ0) is 16.8. The number of H-pyrrole nitrogens is 1. The van der Waals surface area contributed by atoms with E-state index < -0.39 is 0 Å². The highest BCUT2D eigenvalue weighted by Gasteiger charge is 2.08. The summed E-state index contributed by atoms with van der Waals surface area (Å²) in [5.41, 5.74) is 6.24. The Balaban J connectivity index is 1.35. The largest absolute Gasteiger partial charge is 0.357 e. The summed E-state index contributed by atoms with van der Waals surface area (Å²) in [6.07, 6.45) is 4.52. The Bertz CT molecular complexity index is 793. The highest BCUT2D eigenvalue weighted by molar-refractivity contribution is 7.18. The molecule has 1 aromatic carbocycles. The Kier molecular flexibility index (Phi) is 5.22. The lowest BCUT2D eigenvalue weighted by Gasteiger charge is -2.06. The predicted molar refractivity (Wildman–Crippen MR) is 93.6 cm³/mol. The lowest BCUT2D eigenvalue weighted by molar-refractivity contribution is -0.121. The van der Waals surface area contributed by atoms with E-state index in [0.717, 1.165) is 29.8 Å². The average molecular weight is 342 g/mol. The molecule has 0 radical (unpaired) electrons. The highest BCUT2D eigenvalue weighted by Crippen LogP contribution is 2.22. The van der Waals surface area contributed by atoms with E-state index in [2.05, 4.69) is 26.9 Å². The van der Waals surface area contributed by atoms with E-state index in [4.69, 9.17) is 0 Å². The molecule has 2 amide bonds. The van der Waals surface area contributed by atoms with Crippen molar-refractivity contribution in [3.63, 3.8) is 0 Å². The number of hydrazine groups is 1. The van der Waals surface area contributed by atoms with E-state index in [0.29, 0.717) is 12.1 Å². The Morgan fingerprint density at radius 2 is 1.96 bits per heavy atom. The molecule has 0 aliphatic heterocycles. The SMILES string of the molecule is O=C(CCCCc1nc2ccccc2s1)NNC(=O)c1ccc[nH]1. The molecule has 0 aliphatic carbocycles. The number of rotatable bonds is 6. The number of aryl methyl sites for hydroxylation is 1. The molecule has 6 nitrogen and oxygen atoms in total. The number of benzene rings is 1. The van der Waals surface area contributed by atoms with Crippen molar-refractivity contribution < 1.29 is 9.59 Å². The van der Waals surface area contributed by atoms with Gasteiger partial charge in [0.15, 0.2) is 0 Å². The number of carbonyl (C=O) groups excluding carboxylic acids is 2. The normalized spacial score (nSPS) is 10.7. The van der Waals surface area contributed by atoms with Crippen LogP contribution in [0.2, 0.25) is 0 Å². The topological polar surface area (TPSA) is 86.9 Å². The summed E-state index contributed by atoms with van der Waals surface area (Å²) in [5.74, 6) is -0.554. The second kappa shape index (κ2) is 7.74. The Morgan fingerprint density at radius 1 is 1.08 bits per heavy atom.